The van der Waals surface area contributed by atoms with E-state index in [1.54, 1.807) is 13.8 Å². The number of nitriles is 1. The molecule has 1 aromatic rings. The van der Waals surface area contributed by atoms with E-state index in [9.17, 15) is 5.11 Å². The second kappa shape index (κ2) is 6.24. The van der Waals surface area contributed by atoms with Crippen LogP contribution < -0.4 is 10.1 Å². The van der Waals surface area contributed by atoms with Gasteiger partial charge in [0.2, 0.25) is 0 Å². The number of hydrogen-bond donors (Lipinski definition) is 2. The number of ether oxygens (including phenoxy) is 1. The van der Waals surface area contributed by atoms with Gasteiger partial charge in [-0.25, -0.2) is 0 Å². The van der Waals surface area contributed by atoms with E-state index in [4.69, 9.17) is 10.00 Å². The predicted molar refractivity (Wildman–Crippen MR) is 65.6 cm³/mol. The Morgan fingerprint density at radius 1 is 1.41 bits per heavy atom. The number of rotatable bonds is 6. The average molecular weight is 234 g/mol. The molecule has 0 fully saturated rings. The van der Waals surface area contributed by atoms with Gasteiger partial charge in [-0.05, 0) is 19.9 Å². The molecule has 0 radical (unpaired) electrons. The highest BCUT2D eigenvalue weighted by Crippen LogP contribution is 2.17. The van der Waals surface area contributed by atoms with Crippen molar-refractivity contribution in [3.8, 4) is 11.8 Å². The molecule has 0 aliphatic carbocycles. The van der Waals surface area contributed by atoms with Gasteiger partial charge >= 0.3 is 0 Å². The van der Waals surface area contributed by atoms with Gasteiger partial charge in [-0.1, -0.05) is 18.2 Å². The predicted octanol–water partition coefficient (Wildman–Crippen LogP) is 1.45. The Balaban J connectivity index is 2.55. The summed E-state index contributed by atoms with van der Waals surface area (Å²) in [6.45, 7) is 4.64. The number of nitrogens with one attached hydrogen (secondary N) is 1. The first-order chi connectivity index (χ1) is 8.03. The Morgan fingerprint density at radius 3 is 2.76 bits per heavy atom. The van der Waals surface area contributed by atoms with E-state index in [-0.39, 0.29) is 6.61 Å². The summed E-state index contributed by atoms with van der Waals surface area (Å²) in [6, 6.07) is 9.49. The van der Waals surface area contributed by atoms with Crippen molar-refractivity contribution in [3.63, 3.8) is 0 Å². The van der Waals surface area contributed by atoms with Crippen LogP contribution in [0.25, 0.3) is 0 Å². The normalized spacial score (nSPS) is 10.9. The summed E-state index contributed by atoms with van der Waals surface area (Å²) in [7, 11) is 0. The largest absolute Gasteiger partial charge is 0.478 e. The van der Waals surface area contributed by atoms with Gasteiger partial charge in [0, 0.05) is 18.7 Å². The molecule has 1 aromatic carbocycles. The van der Waals surface area contributed by atoms with Gasteiger partial charge in [-0.3, -0.25) is 0 Å². The summed E-state index contributed by atoms with van der Waals surface area (Å²) in [5.41, 5.74) is 0.245. The van der Waals surface area contributed by atoms with Crippen LogP contribution in [-0.4, -0.2) is 23.9 Å². The molecule has 0 unspecified atom stereocenters. The van der Waals surface area contributed by atoms with Crippen molar-refractivity contribution < 1.29 is 9.84 Å². The fraction of sp³-hybridized carbons (Fsp3) is 0.462. The minimum absolute atomic E-state index is 0.0442. The quantitative estimate of drug-likeness (QED) is 0.782. The van der Waals surface area contributed by atoms with E-state index in [2.05, 4.69) is 5.32 Å². The molecule has 0 heterocycles. The Kier molecular flexibility index (Phi) is 4.95. The third kappa shape index (κ3) is 5.34. The maximum Gasteiger partial charge on any atom is 0.174 e. The molecule has 92 valence electrons. The second-order valence-electron chi connectivity index (χ2n) is 4.47. The van der Waals surface area contributed by atoms with Crippen molar-refractivity contribution in [2.24, 2.45) is 0 Å². The van der Waals surface area contributed by atoms with Crippen molar-refractivity contribution in [2.45, 2.75) is 26.0 Å². The number of nitrogens with zero attached hydrogens (tertiary/aromatic N) is 1. The van der Waals surface area contributed by atoms with Gasteiger partial charge in [-0.15, -0.1) is 0 Å². The molecule has 0 aliphatic heterocycles. The summed E-state index contributed by atoms with van der Waals surface area (Å²) in [4.78, 5) is 0. The van der Waals surface area contributed by atoms with Crippen LogP contribution in [-0.2, 0) is 6.54 Å². The van der Waals surface area contributed by atoms with Crippen LogP contribution in [0.5, 0.6) is 5.75 Å². The highest BCUT2D eigenvalue weighted by Gasteiger charge is 2.11. The number of hydrogen-bond acceptors (Lipinski definition) is 4. The molecular formula is C13H18N2O2. The molecule has 0 spiro atoms. The molecular weight excluding hydrogens is 216 g/mol. The van der Waals surface area contributed by atoms with Crippen molar-refractivity contribution in [3.05, 3.63) is 29.8 Å². The zero-order valence-corrected chi connectivity index (χ0v) is 10.2. The number of para-hydroxylation sites is 1. The minimum Gasteiger partial charge on any atom is -0.478 e. The summed E-state index contributed by atoms with van der Waals surface area (Å²) >= 11 is 0. The zero-order chi connectivity index (χ0) is 12.7. The van der Waals surface area contributed by atoms with Crippen molar-refractivity contribution in [1.82, 2.24) is 5.32 Å². The average Bonchev–Trinajstić information content (AvgIpc) is 2.26. The third-order valence-electron chi connectivity index (χ3n) is 2.14. The number of aliphatic hydroxyl groups is 1. The maximum absolute atomic E-state index is 9.57. The fourth-order valence-corrected chi connectivity index (χ4v) is 1.40. The van der Waals surface area contributed by atoms with E-state index >= 15 is 0 Å². The van der Waals surface area contributed by atoms with Crippen LogP contribution in [0.15, 0.2) is 24.3 Å². The number of benzene rings is 1. The first-order valence-corrected chi connectivity index (χ1v) is 5.54. The van der Waals surface area contributed by atoms with Crippen molar-refractivity contribution >= 4 is 0 Å². The highest BCUT2D eigenvalue weighted by atomic mass is 16.5. The van der Waals surface area contributed by atoms with Crippen molar-refractivity contribution in [1.29, 1.82) is 5.26 Å². The summed E-state index contributed by atoms with van der Waals surface area (Å²) < 4.78 is 5.31. The molecule has 4 heteroatoms. The molecule has 0 saturated carbocycles. The summed E-state index contributed by atoms with van der Waals surface area (Å²) in [6.07, 6.45) is 0. The van der Waals surface area contributed by atoms with Gasteiger partial charge in [0.15, 0.2) is 6.61 Å². The van der Waals surface area contributed by atoms with E-state index in [0.717, 1.165) is 5.56 Å². The van der Waals surface area contributed by atoms with Crippen LogP contribution in [0, 0.1) is 11.3 Å². The summed E-state index contributed by atoms with van der Waals surface area (Å²) in [5.74, 6) is 0.706. The van der Waals surface area contributed by atoms with Crippen LogP contribution >= 0.6 is 0 Å². The third-order valence-corrected chi connectivity index (χ3v) is 2.14. The van der Waals surface area contributed by atoms with E-state index in [1.807, 2.05) is 30.3 Å². The second-order valence-corrected chi connectivity index (χ2v) is 4.47. The van der Waals surface area contributed by atoms with Gasteiger partial charge in [0.25, 0.3) is 0 Å². The maximum atomic E-state index is 9.57. The molecule has 0 aliphatic rings. The van der Waals surface area contributed by atoms with Gasteiger partial charge < -0.3 is 15.2 Å². The first-order valence-electron chi connectivity index (χ1n) is 5.54. The summed E-state index contributed by atoms with van der Waals surface area (Å²) in [5, 5.41) is 21.2. The first kappa shape index (κ1) is 13.5. The lowest BCUT2D eigenvalue weighted by molar-refractivity contribution is 0.0794. The minimum atomic E-state index is -0.734. The van der Waals surface area contributed by atoms with Crippen LogP contribution in [0.3, 0.4) is 0 Å². The molecule has 1 rings (SSSR count). The van der Waals surface area contributed by atoms with Crippen LogP contribution in [0.1, 0.15) is 19.4 Å². The van der Waals surface area contributed by atoms with Crippen molar-refractivity contribution in [2.75, 3.05) is 13.2 Å². The highest BCUT2D eigenvalue weighted by molar-refractivity contribution is 5.33. The smallest absolute Gasteiger partial charge is 0.174 e. The zero-order valence-electron chi connectivity index (χ0n) is 10.2. The Bertz CT molecular complexity index is 391. The van der Waals surface area contributed by atoms with E-state index in [1.165, 1.54) is 0 Å². The van der Waals surface area contributed by atoms with Gasteiger partial charge in [0.05, 0.1) is 5.60 Å². The van der Waals surface area contributed by atoms with Crippen LogP contribution in [0.4, 0.5) is 0 Å². The molecule has 2 N–H and O–H groups in total. The molecule has 4 nitrogen and oxygen atoms in total. The topological polar surface area (TPSA) is 65.3 Å². The van der Waals surface area contributed by atoms with E-state index < -0.39 is 5.60 Å². The monoisotopic (exact) mass is 234 g/mol. The molecule has 0 saturated heterocycles. The lowest BCUT2D eigenvalue weighted by Crippen LogP contribution is -2.34. The molecule has 17 heavy (non-hydrogen) atoms. The van der Waals surface area contributed by atoms with Gasteiger partial charge in [-0.2, -0.15) is 5.26 Å². The Labute approximate surface area is 102 Å². The Morgan fingerprint density at radius 2 is 2.12 bits per heavy atom. The van der Waals surface area contributed by atoms with E-state index in [0.29, 0.717) is 18.8 Å². The molecule has 0 amide bonds. The molecule has 0 bridgehead atoms. The lowest BCUT2D eigenvalue weighted by atomic mass is 10.1. The fourth-order valence-electron chi connectivity index (χ4n) is 1.40. The molecule has 0 atom stereocenters. The SMILES string of the molecule is CC(C)(O)CNCc1ccccc1OCC#N. The Hall–Kier alpha value is -1.57. The van der Waals surface area contributed by atoms with Gasteiger partial charge in [0.1, 0.15) is 11.8 Å². The van der Waals surface area contributed by atoms with Crippen LogP contribution in [0.2, 0.25) is 0 Å². The molecule has 0 aromatic heterocycles. The standard InChI is InChI=1S/C13H18N2O2/c1-13(2,16)10-15-9-11-5-3-4-6-12(11)17-8-7-14/h3-6,15-16H,8-10H2,1-2H3. The lowest BCUT2D eigenvalue weighted by Gasteiger charge is -2.18.